The van der Waals surface area contributed by atoms with Gasteiger partial charge in [0.15, 0.2) is 11.6 Å². The van der Waals surface area contributed by atoms with Crippen molar-refractivity contribution in [2.24, 2.45) is 0 Å². The van der Waals surface area contributed by atoms with Crippen LogP contribution in [-0.4, -0.2) is 18.8 Å². The van der Waals surface area contributed by atoms with E-state index in [9.17, 15) is 8.78 Å². The van der Waals surface area contributed by atoms with Crippen LogP contribution in [0.3, 0.4) is 0 Å². The Hall–Kier alpha value is -1.16. The minimum Gasteiger partial charge on any atom is -0.494 e. The number of aliphatic hydroxyl groups is 1. The molecule has 0 saturated heterocycles. The Morgan fingerprint density at radius 2 is 2.23 bits per heavy atom. The van der Waals surface area contributed by atoms with Crippen molar-refractivity contribution in [3.05, 3.63) is 29.6 Å². The van der Waals surface area contributed by atoms with Gasteiger partial charge in [-0.15, -0.1) is 0 Å². The number of methoxy groups -OCH3 is 1. The number of alkyl halides is 1. The molecule has 0 aliphatic heterocycles. The fourth-order valence-electron chi connectivity index (χ4n) is 0.983. The lowest BCUT2D eigenvalue weighted by Gasteiger charge is -2.06. The number of hydrogen-bond donors (Lipinski definition) is 1. The molecule has 0 bridgehead atoms. The Kier molecular flexibility index (Phi) is 3.19. The molecule has 4 heteroatoms. The van der Waals surface area contributed by atoms with E-state index in [4.69, 9.17) is 5.11 Å². The van der Waals surface area contributed by atoms with Crippen molar-refractivity contribution in [3.8, 4) is 5.75 Å². The summed E-state index contributed by atoms with van der Waals surface area (Å²) in [6.07, 6.45) is -1.54. The average Bonchev–Trinajstić information content (AvgIpc) is 2.16. The first kappa shape index (κ1) is 9.92. The zero-order chi connectivity index (χ0) is 9.84. The normalized spacial score (nSPS) is 12.6. The van der Waals surface area contributed by atoms with Crippen molar-refractivity contribution in [3.63, 3.8) is 0 Å². The molecular weight excluding hydrogens is 178 g/mol. The minimum atomic E-state index is -1.54. The molecule has 2 nitrogen and oxygen atoms in total. The molecule has 13 heavy (non-hydrogen) atoms. The van der Waals surface area contributed by atoms with Crippen LogP contribution in [0.5, 0.6) is 5.75 Å². The van der Waals surface area contributed by atoms with E-state index in [0.717, 1.165) is 6.07 Å². The molecule has 72 valence electrons. The molecule has 1 N–H and O–H groups in total. The molecule has 0 saturated carbocycles. The largest absolute Gasteiger partial charge is 0.494 e. The summed E-state index contributed by atoms with van der Waals surface area (Å²) in [7, 11) is 1.33. The second-order valence-electron chi connectivity index (χ2n) is 2.54. The Morgan fingerprint density at radius 3 is 2.69 bits per heavy atom. The van der Waals surface area contributed by atoms with Gasteiger partial charge in [0.05, 0.1) is 13.7 Å². The Balaban J connectivity index is 2.95. The van der Waals surface area contributed by atoms with Crippen LogP contribution in [0.4, 0.5) is 8.78 Å². The van der Waals surface area contributed by atoms with Gasteiger partial charge in [0, 0.05) is 0 Å². The Morgan fingerprint density at radius 1 is 1.54 bits per heavy atom. The molecule has 1 atom stereocenters. The van der Waals surface area contributed by atoms with Crippen LogP contribution in [0.2, 0.25) is 0 Å². The number of halogens is 2. The van der Waals surface area contributed by atoms with Gasteiger partial charge in [0.25, 0.3) is 0 Å². The van der Waals surface area contributed by atoms with Crippen LogP contribution in [0, 0.1) is 5.82 Å². The maximum Gasteiger partial charge on any atom is 0.165 e. The SMILES string of the molecule is COc1ccc(C(F)CO)cc1F. The monoisotopic (exact) mass is 188 g/mol. The van der Waals surface area contributed by atoms with Crippen molar-refractivity contribution >= 4 is 0 Å². The molecule has 1 unspecified atom stereocenters. The molecule has 0 aliphatic carbocycles. The van der Waals surface area contributed by atoms with Gasteiger partial charge in [-0.1, -0.05) is 6.07 Å². The van der Waals surface area contributed by atoms with Crippen molar-refractivity contribution in [2.75, 3.05) is 13.7 Å². The predicted molar refractivity (Wildman–Crippen MR) is 43.9 cm³/mol. The molecule has 1 aromatic carbocycles. The highest BCUT2D eigenvalue weighted by atomic mass is 19.1. The van der Waals surface area contributed by atoms with Gasteiger partial charge in [0.1, 0.15) is 6.17 Å². The third kappa shape index (κ3) is 2.15. The van der Waals surface area contributed by atoms with Crippen LogP contribution in [-0.2, 0) is 0 Å². The zero-order valence-corrected chi connectivity index (χ0v) is 7.13. The highest BCUT2D eigenvalue weighted by molar-refractivity contribution is 5.30. The van der Waals surface area contributed by atoms with E-state index in [0.29, 0.717) is 0 Å². The number of ether oxygens (including phenoxy) is 1. The quantitative estimate of drug-likeness (QED) is 0.784. The summed E-state index contributed by atoms with van der Waals surface area (Å²) in [5.74, 6) is -0.565. The second-order valence-corrected chi connectivity index (χ2v) is 2.54. The first-order valence-corrected chi connectivity index (χ1v) is 3.77. The van der Waals surface area contributed by atoms with Gasteiger partial charge in [-0.25, -0.2) is 8.78 Å². The molecular formula is C9H10F2O2. The zero-order valence-electron chi connectivity index (χ0n) is 7.13. The fraction of sp³-hybridized carbons (Fsp3) is 0.333. The highest BCUT2D eigenvalue weighted by Gasteiger charge is 2.11. The number of rotatable bonds is 3. The summed E-state index contributed by atoms with van der Waals surface area (Å²) in [6, 6.07) is 3.72. The molecule has 1 aromatic rings. The second kappa shape index (κ2) is 4.18. The van der Waals surface area contributed by atoms with E-state index in [-0.39, 0.29) is 11.3 Å². The maximum absolute atomic E-state index is 13.0. The van der Waals surface area contributed by atoms with E-state index in [2.05, 4.69) is 4.74 Å². The number of benzene rings is 1. The number of hydrogen-bond acceptors (Lipinski definition) is 2. The van der Waals surface area contributed by atoms with E-state index >= 15 is 0 Å². The van der Waals surface area contributed by atoms with Gasteiger partial charge >= 0.3 is 0 Å². The smallest absolute Gasteiger partial charge is 0.165 e. The van der Waals surface area contributed by atoms with Gasteiger partial charge in [-0.2, -0.15) is 0 Å². The standard InChI is InChI=1S/C9H10F2O2/c1-13-9-3-2-6(4-7(9)10)8(11)5-12/h2-4,8,12H,5H2,1H3. The van der Waals surface area contributed by atoms with Crippen LogP contribution in [0.1, 0.15) is 11.7 Å². The van der Waals surface area contributed by atoms with Gasteiger partial charge in [0.2, 0.25) is 0 Å². The average molecular weight is 188 g/mol. The predicted octanol–water partition coefficient (Wildman–Crippen LogP) is 1.84. The minimum absolute atomic E-state index is 0.0638. The fourth-order valence-corrected chi connectivity index (χ4v) is 0.983. The van der Waals surface area contributed by atoms with E-state index in [1.807, 2.05) is 0 Å². The lowest BCUT2D eigenvalue weighted by Crippen LogP contribution is -1.98. The molecule has 0 spiro atoms. The summed E-state index contributed by atoms with van der Waals surface area (Å²) in [6.45, 7) is -0.647. The molecule has 0 amide bonds. The van der Waals surface area contributed by atoms with Crippen molar-refractivity contribution in [1.29, 1.82) is 0 Å². The topological polar surface area (TPSA) is 29.5 Å². The summed E-state index contributed by atoms with van der Waals surface area (Å²) in [5, 5.41) is 8.48. The third-order valence-electron chi connectivity index (χ3n) is 1.70. The summed E-state index contributed by atoms with van der Waals surface area (Å²) >= 11 is 0. The van der Waals surface area contributed by atoms with E-state index in [1.54, 1.807) is 0 Å². The van der Waals surface area contributed by atoms with Crippen LogP contribution in [0.15, 0.2) is 18.2 Å². The van der Waals surface area contributed by atoms with Gasteiger partial charge in [-0.05, 0) is 17.7 Å². The first-order valence-electron chi connectivity index (χ1n) is 3.77. The third-order valence-corrected chi connectivity index (χ3v) is 1.70. The Labute approximate surface area is 74.8 Å². The molecule has 0 aromatic heterocycles. The maximum atomic E-state index is 13.0. The lowest BCUT2D eigenvalue weighted by molar-refractivity contribution is 0.179. The summed E-state index contributed by atoms with van der Waals surface area (Å²) < 4.78 is 30.4. The van der Waals surface area contributed by atoms with E-state index < -0.39 is 18.6 Å². The summed E-state index contributed by atoms with van der Waals surface area (Å²) in [5.41, 5.74) is 0.112. The van der Waals surface area contributed by atoms with E-state index in [1.165, 1.54) is 19.2 Å². The molecule has 0 aliphatic rings. The first-order chi connectivity index (χ1) is 6.19. The molecule has 1 rings (SSSR count). The molecule has 0 radical (unpaired) electrons. The molecule has 0 heterocycles. The van der Waals surface area contributed by atoms with Crippen molar-refractivity contribution < 1.29 is 18.6 Å². The van der Waals surface area contributed by atoms with Crippen molar-refractivity contribution in [2.45, 2.75) is 6.17 Å². The summed E-state index contributed by atoms with van der Waals surface area (Å²) in [4.78, 5) is 0. The van der Waals surface area contributed by atoms with Crippen LogP contribution in [0.25, 0.3) is 0 Å². The molecule has 0 fully saturated rings. The van der Waals surface area contributed by atoms with Gasteiger partial charge in [-0.3, -0.25) is 0 Å². The van der Waals surface area contributed by atoms with Crippen molar-refractivity contribution in [1.82, 2.24) is 0 Å². The van der Waals surface area contributed by atoms with Crippen LogP contribution < -0.4 is 4.74 Å². The van der Waals surface area contributed by atoms with Crippen LogP contribution >= 0.6 is 0 Å². The lowest BCUT2D eigenvalue weighted by atomic mass is 10.1. The van der Waals surface area contributed by atoms with Gasteiger partial charge < -0.3 is 9.84 Å². The number of aliphatic hydroxyl groups excluding tert-OH is 1. The Bertz CT molecular complexity index is 289. The highest BCUT2D eigenvalue weighted by Crippen LogP contribution is 2.23.